The monoisotopic (exact) mass is 474 g/mol. The van der Waals surface area contributed by atoms with E-state index in [9.17, 15) is 14.0 Å². The molecule has 0 spiro atoms. The van der Waals surface area contributed by atoms with E-state index in [1.165, 1.54) is 23.8 Å². The molecule has 0 unspecified atom stereocenters. The van der Waals surface area contributed by atoms with Crippen LogP contribution >= 0.6 is 11.8 Å². The van der Waals surface area contributed by atoms with Gasteiger partial charge in [0.1, 0.15) is 11.6 Å². The van der Waals surface area contributed by atoms with E-state index >= 15 is 0 Å². The van der Waals surface area contributed by atoms with Crippen molar-refractivity contribution < 1.29 is 13.9 Å². The smallest absolute Gasteiger partial charge is 0.267 e. The average Bonchev–Trinajstić information content (AvgIpc) is 3.27. The number of hydrogen-bond acceptors (Lipinski definition) is 6. The number of hydrogen-bond donors (Lipinski definition) is 0. The van der Waals surface area contributed by atoms with Gasteiger partial charge in [0.05, 0.1) is 35.0 Å². The summed E-state index contributed by atoms with van der Waals surface area (Å²) in [6.45, 7) is 1.92. The summed E-state index contributed by atoms with van der Waals surface area (Å²) in [6, 6.07) is 18.6. The number of carbonyl (C=O) groups is 1. The van der Waals surface area contributed by atoms with Gasteiger partial charge in [-0.25, -0.2) is 8.96 Å². The van der Waals surface area contributed by atoms with Crippen LogP contribution in [0.1, 0.15) is 15.9 Å². The van der Waals surface area contributed by atoms with E-state index < -0.39 is 5.82 Å². The highest BCUT2D eigenvalue weighted by atomic mass is 32.2. The first kappa shape index (κ1) is 21.8. The molecule has 0 bridgehead atoms. The van der Waals surface area contributed by atoms with Gasteiger partial charge in [0.25, 0.3) is 5.56 Å². The molecule has 0 radical (unpaired) electrons. The van der Waals surface area contributed by atoms with Gasteiger partial charge < -0.3 is 4.74 Å². The van der Waals surface area contributed by atoms with Crippen LogP contribution in [0, 0.1) is 12.7 Å². The first-order chi connectivity index (χ1) is 16.5. The molecule has 3 aromatic carbocycles. The van der Waals surface area contributed by atoms with Crippen molar-refractivity contribution in [1.82, 2.24) is 19.2 Å². The van der Waals surface area contributed by atoms with Crippen LogP contribution in [0.5, 0.6) is 5.75 Å². The molecule has 0 saturated carbocycles. The van der Waals surface area contributed by atoms with Crippen LogP contribution in [-0.2, 0) is 0 Å². The molecule has 0 saturated heterocycles. The van der Waals surface area contributed by atoms with E-state index in [-0.39, 0.29) is 22.7 Å². The molecule has 0 N–H and O–H groups in total. The van der Waals surface area contributed by atoms with E-state index in [4.69, 9.17) is 4.74 Å². The van der Waals surface area contributed by atoms with Gasteiger partial charge in [0.15, 0.2) is 10.9 Å². The lowest BCUT2D eigenvalue weighted by Gasteiger charge is -2.13. The largest absolute Gasteiger partial charge is 0.496 e. The second-order valence-corrected chi connectivity index (χ2v) is 8.56. The van der Waals surface area contributed by atoms with Crippen molar-refractivity contribution in [3.8, 4) is 11.4 Å². The zero-order chi connectivity index (χ0) is 23.8. The molecule has 2 heterocycles. The summed E-state index contributed by atoms with van der Waals surface area (Å²) in [5.74, 6) is -0.198. The zero-order valence-electron chi connectivity index (χ0n) is 18.4. The third kappa shape index (κ3) is 3.63. The molecule has 7 nitrogen and oxygen atoms in total. The number of rotatable bonds is 6. The molecular formula is C25H19FN4O3S. The van der Waals surface area contributed by atoms with Gasteiger partial charge in [-0.2, -0.15) is 0 Å². The summed E-state index contributed by atoms with van der Waals surface area (Å²) >= 11 is 1.16. The molecule has 0 aliphatic rings. The number of benzene rings is 3. The van der Waals surface area contributed by atoms with Gasteiger partial charge in [-0.15, -0.1) is 10.2 Å². The Labute approximate surface area is 197 Å². The molecule has 5 aromatic rings. The number of ether oxygens (including phenoxy) is 1. The van der Waals surface area contributed by atoms with E-state index in [1.807, 2.05) is 43.3 Å². The van der Waals surface area contributed by atoms with Crippen molar-refractivity contribution in [2.75, 3.05) is 12.9 Å². The molecule has 170 valence electrons. The first-order valence-electron chi connectivity index (χ1n) is 10.4. The number of fused-ring (bicyclic) bond motifs is 3. The molecule has 2 aromatic heterocycles. The fraction of sp³-hybridized carbons (Fsp3) is 0.120. The Bertz CT molecular complexity index is 1630. The topological polar surface area (TPSA) is 78.5 Å². The number of aryl methyl sites for hydroxylation is 1. The van der Waals surface area contributed by atoms with E-state index in [1.54, 1.807) is 16.5 Å². The molecule has 0 aliphatic heterocycles. The highest BCUT2D eigenvalue weighted by Gasteiger charge is 2.20. The number of methoxy groups -OCH3 is 1. The Morgan fingerprint density at radius 2 is 1.82 bits per heavy atom. The van der Waals surface area contributed by atoms with Crippen molar-refractivity contribution >= 4 is 34.2 Å². The van der Waals surface area contributed by atoms with Crippen molar-refractivity contribution in [2.45, 2.75) is 12.1 Å². The number of thioether (sulfide) groups is 1. The molecule has 9 heteroatoms. The van der Waals surface area contributed by atoms with Crippen LogP contribution in [-0.4, -0.2) is 37.8 Å². The van der Waals surface area contributed by atoms with Crippen molar-refractivity contribution in [2.24, 2.45) is 0 Å². The Balaban J connectivity index is 1.63. The summed E-state index contributed by atoms with van der Waals surface area (Å²) in [7, 11) is 1.43. The first-order valence-corrected chi connectivity index (χ1v) is 11.4. The van der Waals surface area contributed by atoms with E-state index in [2.05, 4.69) is 10.2 Å². The fourth-order valence-electron chi connectivity index (χ4n) is 3.91. The minimum Gasteiger partial charge on any atom is -0.496 e. The van der Waals surface area contributed by atoms with E-state index in [0.717, 1.165) is 23.4 Å². The Morgan fingerprint density at radius 1 is 1.06 bits per heavy atom. The molecule has 34 heavy (non-hydrogen) atoms. The maximum absolute atomic E-state index is 13.7. The van der Waals surface area contributed by atoms with Gasteiger partial charge in [0, 0.05) is 0 Å². The molecule has 0 atom stereocenters. The molecule has 0 fully saturated rings. The molecule has 0 aliphatic carbocycles. The highest BCUT2D eigenvalue weighted by molar-refractivity contribution is 7.99. The predicted molar refractivity (Wildman–Crippen MR) is 129 cm³/mol. The Hall–Kier alpha value is -3.98. The number of aromatic nitrogens is 4. The maximum Gasteiger partial charge on any atom is 0.267 e. The van der Waals surface area contributed by atoms with Crippen molar-refractivity contribution in [3.63, 3.8) is 0 Å². The van der Waals surface area contributed by atoms with Gasteiger partial charge in [-0.05, 0) is 48.9 Å². The highest BCUT2D eigenvalue weighted by Crippen LogP contribution is 2.26. The molecule has 5 rings (SSSR count). The van der Waals surface area contributed by atoms with Crippen LogP contribution < -0.4 is 10.3 Å². The third-order valence-corrected chi connectivity index (χ3v) is 6.47. The van der Waals surface area contributed by atoms with Gasteiger partial charge in [0.2, 0.25) is 5.78 Å². The lowest BCUT2D eigenvalue weighted by molar-refractivity contribution is 0.101. The number of nitrogens with zero attached hydrogens (tertiary/aromatic N) is 4. The summed E-state index contributed by atoms with van der Waals surface area (Å²) in [5, 5.41) is 9.53. The minimum absolute atomic E-state index is 0.0155. The SMILES string of the molecule is COc1ccc(F)cc1C(=O)CSc1nnc2n(-c3ccccc3C)c(=O)c3ccccc3n12. The number of halogens is 1. The molecular weight excluding hydrogens is 455 g/mol. The van der Waals surface area contributed by atoms with Crippen molar-refractivity contribution in [1.29, 1.82) is 0 Å². The Kier molecular flexibility index (Phi) is 5.62. The van der Waals surface area contributed by atoms with Crippen LogP contribution in [0.4, 0.5) is 4.39 Å². The molecule has 0 amide bonds. The Morgan fingerprint density at radius 3 is 2.62 bits per heavy atom. The lowest BCUT2D eigenvalue weighted by atomic mass is 10.1. The summed E-state index contributed by atoms with van der Waals surface area (Å²) in [4.78, 5) is 26.3. The van der Waals surface area contributed by atoms with Crippen LogP contribution in [0.3, 0.4) is 0 Å². The van der Waals surface area contributed by atoms with E-state index in [0.29, 0.717) is 33.3 Å². The average molecular weight is 475 g/mol. The van der Waals surface area contributed by atoms with Crippen molar-refractivity contribution in [3.05, 3.63) is 94.0 Å². The van der Waals surface area contributed by atoms with Crippen LogP contribution in [0.15, 0.2) is 76.7 Å². The second kappa shape index (κ2) is 8.75. The number of Topliss-reactive ketones (excluding diaryl/α,β-unsaturated/α-hetero) is 1. The van der Waals surface area contributed by atoms with Gasteiger partial charge >= 0.3 is 0 Å². The van der Waals surface area contributed by atoms with Gasteiger partial charge in [-0.3, -0.25) is 14.0 Å². The quantitative estimate of drug-likeness (QED) is 0.267. The number of ketones is 1. The summed E-state index contributed by atoms with van der Waals surface area (Å²) in [6.07, 6.45) is 0. The lowest BCUT2D eigenvalue weighted by Crippen LogP contribution is -2.22. The summed E-state index contributed by atoms with van der Waals surface area (Å²) < 4.78 is 22.3. The summed E-state index contributed by atoms with van der Waals surface area (Å²) in [5.41, 5.74) is 2.20. The van der Waals surface area contributed by atoms with Crippen LogP contribution in [0.2, 0.25) is 0 Å². The maximum atomic E-state index is 13.7. The van der Waals surface area contributed by atoms with Gasteiger partial charge in [-0.1, -0.05) is 42.1 Å². The number of carbonyl (C=O) groups excluding carboxylic acids is 1. The fourth-order valence-corrected chi connectivity index (χ4v) is 4.73. The zero-order valence-corrected chi connectivity index (χ0v) is 19.2. The third-order valence-electron chi connectivity index (χ3n) is 5.55. The second-order valence-electron chi connectivity index (χ2n) is 7.62. The minimum atomic E-state index is -0.518. The van der Waals surface area contributed by atoms with Crippen LogP contribution in [0.25, 0.3) is 22.4 Å². The number of para-hydroxylation sites is 2. The predicted octanol–water partition coefficient (Wildman–Crippen LogP) is 4.46. The standard InChI is InChI=1S/C25H19FN4O3S/c1-15-7-3-5-9-19(15)29-23(32)17-8-4-6-10-20(17)30-24(29)27-28-25(30)34-14-21(31)18-13-16(26)11-12-22(18)33-2/h3-13H,14H2,1-2H3. The normalized spacial score (nSPS) is 11.3.